The summed E-state index contributed by atoms with van der Waals surface area (Å²) in [6, 6.07) is 7.92. The Bertz CT molecular complexity index is 547. The number of hydrogen-bond acceptors (Lipinski definition) is 0. The van der Waals surface area contributed by atoms with Gasteiger partial charge in [-0.05, 0) is 11.5 Å². The van der Waals surface area contributed by atoms with Gasteiger partial charge in [0.25, 0.3) is 0 Å². The fourth-order valence-electron chi connectivity index (χ4n) is 1.61. The van der Waals surface area contributed by atoms with Crippen molar-refractivity contribution in [2.45, 2.75) is 0 Å². The second-order valence-electron chi connectivity index (χ2n) is 3.43. The zero-order valence-electron chi connectivity index (χ0n) is 8.30. The molecule has 3 heteroatoms. The number of halogens is 2. The van der Waals surface area contributed by atoms with Crippen molar-refractivity contribution in [3.05, 3.63) is 42.0 Å². The molecule has 0 spiro atoms. The molecular weight excluding hydrogens is 196 g/mol. The molecule has 2 aromatic carbocycles. The summed E-state index contributed by atoms with van der Waals surface area (Å²) in [6.45, 7) is 3.67. The topological polar surface area (TPSA) is 3.01 Å². The molecule has 0 atom stereocenters. The lowest BCUT2D eigenvalue weighted by atomic mass is 10.1. The number of nitrogens with zero attached hydrogens (tertiary/aromatic N) is 1. The van der Waals surface area contributed by atoms with Gasteiger partial charge in [-0.3, -0.25) is 0 Å². The summed E-state index contributed by atoms with van der Waals surface area (Å²) in [5.41, 5.74) is 0.574. The number of rotatable bonds is 1. The van der Waals surface area contributed by atoms with E-state index in [1.165, 1.54) is 4.58 Å². The van der Waals surface area contributed by atoms with Gasteiger partial charge in [-0.2, -0.15) is 0 Å². The van der Waals surface area contributed by atoms with E-state index in [0.717, 1.165) is 6.07 Å². The quantitative estimate of drug-likeness (QED) is 0.498. The zero-order valence-corrected chi connectivity index (χ0v) is 8.30. The minimum Gasteiger partial charge on any atom is -0.208 e. The van der Waals surface area contributed by atoms with Gasteiger partial charge in [0.15, 0.2) is 11.6 Å². The highest BCUT2D eigenvalue weighted by Crippen LogP contribution is 2.28. The predicted molar refractivity (Wildman–Crippen MR) is 56.8 cm³/mol. The van der Waals surface area contributed by atoms with E-state index in [-0.39, 0.29) is 5.39 Å². The number of hydrogen-bond donors (Lipinski definition) is 0. The minimum atomic E-state index is -0.836. The molecule has 2 aromatic rings. The van der Waals surface area contributed by atoms with E-state index in [0.29, 0.717) is 11.1 Å². The van der Waals surface area contributed by atoms with Gasteiger partial charge in [-0.15, -0.1) is 0 Å². The normalized spacial score (nSPS) is 10.6. The summed E-state index contributed by atoms with van der Waals surface area (Å²) in [5, 5.41) is 0.942. The van der Waals surface area contributed by atoms with Crippen LogP contribution in [0.3, 0.4) is 0 Å². The average molecular weight is 206 g/mol. The van der Waals surface area contributed by atoms with Crippen molar-refractivity contribution in [2.75, 3.05) is 7.05 Å². The van der Waals surface area contributed by atoms with Crippen LogP contribution in [0, 0.1) is 11.6 Å². The van der Waals surface area contributed by atoms with Crippen molar-refractivity contribution in [3.63, 3.8) is 0 Å². The van der Waals surface area contributed by atoms with Gasteiger partial charge in [0, 0.05) is 6.07 Å². The minimum absolute atomic E-state index is 0.273. The third-order valence-corrected chi connectivity index (χ3v) is 2.32. The molecule has 0 aromatic heterocycles. The van der Waals surface area contributed by atoms with Crippen molar-refractivity contribution in [1.29, 1.82) is 0 Å². The zero-order chi connectivity index (χ0) is 11.0. The van der Waals surface area contributed by atoms with E-state index in [1.807, 2.05) is 0 Å². The van der Waals surface area contributed by atoms with Crippen LogP contribution >= 0.6 is 0 Å². The first-order chi connectivity index (χ1) is 7.11. The highest BCUT2D eigenvalue weighted by Gasteiger charge is 2.15. The Morgan fingerprint density at radius 3 is 2.53 bits per heavy atom. The van der Waals surface area contributed by atoms with E-state index in [2.05, 4.69) is 6.72 Å². The van der Waals surface area contributed by atoms with Gasteiger partial charge >= 0.3 is 0 Å². The Morgan fingerprint density at radius 2 is 1.87 bits per heavy atom. The van der Waals surface area contributed by atoms with Crippen LogP contribution < -0.4 is 0 Å². The fourth-order valence-corrected chi connectivity index (χ4v) is 1.61. The second-order valence-corrected chi connectivity index (χ2v) is 3.43. The lowest BCUT2D eigenvalue weighted by Crippen LogP contribution is -1.96. The molecule has 1 nitrogen and oxygen atoms in total. The first kappa shape index (κ1) is 9.77. The molecule has 0 fully saturated rings. The van der Waals surface area contributed by atoms with Crippen LogP contribution in [0.1, 0.15) is 0 Å². The second kappa shape index (κ2) is 3.42. The molecule has 15 heavy (non-hydrogen) atoms. The maximum Gasteiger partial charge on any atom is 0.215 e. The van der Waals surface area contributed by atoms with Crippen molar-refractivity contribution in [2.24, 2.45) is 0 Å². The van der Waals surface area contributed by atoms with Gasteiger partial charge in [0.05, 0.1) is 5.39 Å². The van der Waals surface area contributed by atoms with Gasteiger partial charge in [0.2, 0.25) is 5.69 Å². The maximum atomic E-state index is 13.6. The van der Waals surface area contributed by atoms with Crippen LogP contribution in [-0.4, -0.2) is 18.3 Å². The molecule has 0 radical (unpaired) electrons. The van der Waals surface area contributed by atoms with Crippen LogP contribution in [0.2, 0.25) is 0 Å². The molecule has 0 amide bonds. The highest BCUT2D eigenvalue weighted by atomic mass is 19.2. The fraction of sp³-hybridized carbons (Fsp3) is 0.0833. The van der Waals surface area contributed by atoms with Crippen molar-refractivity contribution in [3.8, 4) is 0 Å². The molecule has 0 aliphatic rings. The molecule has 0 saturated heterocycles. The number of fused-ring (bicyclic) bond motifs is 1. The molecular formula is C12H10F2N+. The van der Waals surface area contributed by atoms with Crippen LogP contribution in [0.25, 0.3) is 10.8 Å². The van der Waals surface area contributed by atoms with Gasteiger partial charge in [-0.25, -0.2) is 13.4 Å². The molecule has 0 saturated carbocycles. The van der Waals surface area contributed by atoms with Gasteiger partial charge < -0.3 is 0 Å². The Labute approximate surface area is 86.3 Å². The van der Waals surface area contributed by atoms with E-state index < -0.39 is 11.6 Å². The van der Waals surface area contributed by atoms with E-state index in [1.54, 1.807) is 31.3 Å². The summed E-state index contributed by atoms with van der Waals surface area (Å²) in [4.78, 5) is 0. The van der Waals surface area contributed by atoms with Gasteiger partial charge in [-0.1, -0.05) is 18.2 Å². The van der Waals surface area contributed by atoms with Gasteiger partial charge in [0.1, 0.15) is 13.8 Å². The van der Waals surface area contributed by atoms with Crippen molar-refractivity contribution in [1.82, 2.24) is 0 Å². The molecule has 0 unspecified atom stereocenters. The molecule has 0 aliphatic heterocycles. The lowest BCUT2D eigenvalue weighted by molar-refractivity contribution is -0.393. The first-order valence-electron chi connectivity index (χ1n) is 4.52. The Hall–Kier alpha value is -1.77. The SMILES string of the molecule is C=[N+](C)c1cccc2ccc(F)c(F)c12. The largest absolute Gasteiger partial charge is 0.215 e. The van der Waals surface area contributed by atoms with Crippen LogP contribution in [-0.2, 0) is 0 Å². The van der Waals surface area contributed by atoms with Crippen molar-refractivity contribution < 1.29 is 13.4 Å². The summed E-state index contributed by atoms with van der Waals surface area (Å²) in [6.07, 6.45) is 0. The molecule has 0 aliphatic carbocycles. The third-order valence-electron chi connectivity index (χ3n) is 2.32. The monoisotopic (exact) mass is 206 g/mol. The first-order valence-corrected chi connectivity index (χ1v) is 4.52. The van der Waals surface area contributed by atoms with E-state index in [4.69, 9.17) is 0 Å². The summed E-state index contributed by atoms with van der Waals surface area (Å²) in [5.74, 6) is -1.66. The maximum absolute atomic E-state index is 13.6. The van der Waals surface area contributed by atoms with Crippen LogP contribution in [0.4, 0.5) is 14.5 Å². The molecule has 0 heterocycles. The van der Waals surface area contributed by atoms with Crippen LogP contribution in [0.15, 0.2) is 30.3 Å². The Morgan fingerprint density at radius 1 is 1.13 bits per heavy atom. The highest BCUT2D eigenvalue weighted by molar-refractivity contribution is 5.91. The van der Waals surface area contributed by atoms with Crippen LogP contribution in [0.5, 0.6) is 0 Å². The average Bonchev–Trinajstić information content (AvgIpc) is 2.23. The van der Waals surface area contributed by atoms with Crippen molar-refractivity contribution >= 4 is 23.2 Å². The molecule has 0 bridgehead atoms. The van der Waals surface area contributed by atoms with E-state index >= 15 is 0 Å². The third kappa shape index (κ3) is 1.50. The Kier molecular flexibility index (Phi) is 2.23. The Balaban J connectivity index is 2.94. The smallest absolute Gasteiger partial charge is 0.208 e. The summed E-state index contributed by atoms with van der Waals surface area (Å²) < 4.78 is 28.2. The lowest BCUT2D eigenvalue weighted by Gasteiger charge is -2.03. The predicted octanol–water partition coefficient (Wildman–Crippen LogP) is 3.09. The van der Waals surface area contributed by atoms with E-state index in [9.17, 15) is 8.78 Å². The molecule has 2 rings (SSSR count). The number of benzene rings is 2. The summed E-state index contributed by atoms with van der Waals surface area (Å²) >= 11 is 0. The standard InChI is InChI=1S/C12H10F2N/c1-15(2)10-5-3-4-8-6-7-9(13)12(14)11(8)10/h3-7H,1H2,2H3/q+1. The summed E-state index contributed by atoms with van der Waals surface area (Å²) in [7, 11) is 1.69. The molecule has 0 N–H and O–H groups in total. The molecule has 76 valence electrons.